The smallest absolute Gasteiger partial charge is 0.252 e. The quantitative estimate of drug-likeness (QED) is 0.712. The average molecular weight is 352 g/mol. The third-order valence-electron chi connectivity index (χ3n) is 3.71. The Morgan fingerprint density at radius 1 is 1.48 bits per heavy atom. The Balaban J connectivity index is 2.24. The van der Waals surface area contributed by atoms with Gasteiger partial charge in [-0.3, -0.25) is 4.79 Å². The molecule has 2 unspecified atom stereocenters. The lowest BCUT2D eigenvalue weighted by molar-refractivity contribution is 0.100. The van der Waals surface area contributed by atoms with E-state index in [0.717, 1.165) is 6.42 Å². The molecule has 1 aliphatic carbocycles. The highest BCUT2D eigenvalue weighted by Crippen LogP contribution is 2.38. The zero-order chi connectivity index (χ0) is 15.1. The van der Waals surface area contributed by atoms with Crippen LogP contribution in [0.1, 0.15) is 22.8 Å². The Morgan fingerprint density at radius 2 is 2.24 bits per heavy atom. The molecule has 21 heavy (non-hydrogen) atoms. The predicted molar refractivity (Wildman–Crippen MR) is 81.5 cm³/mol. The molecule has 110 valence electrons. The first-order valence-electron chi connectivity index (χ1n) is 6.43. The summed E-state index contributed by atoms with van der Waals surface area (Å²) in [6.45, 7) is 0.0869. The molecule has 2 heterocycles. The van der Waals surface area contributed by atoms with Crippen molar-refractivity contribution in [2.45, 2.75) is 12.5 Å². The van der Waals surface area contributed by atoms with Crippen molar-refractivity contribution in [3.8, 4) is 0 Å². The van der Waals surface area contributed by atoms with Crippen LogP contribution < -0.4 is 11.5 Å². The Morgan fingerprint density at radius 3 is 2.86 bits per heavy atom. The standard InChI is InChI=1S/C13H14BrN5O2/c14-10-8(12(16)21)9-11(15)17-5-18-13(9)19(10)7-2-1-6(3-7)4-20/h1-2,5-7,20H,3-4H2,(H2,16,21)(H2,15,17,18). The van der Waals surface area contributed by atoms with E-state index in [1.807, 2.05) is 16.7 Å². The first-order valence-corrected chi connectivity index (χ1v) is 7.22. The summed E-state index contributed by atoms with van der Waals surface area (Å²) in [6, 6.07) is -0.0265. The number of hydrogen-bond donors (Lipinski definition) is 3. The van der Waals surface area contributed by atoms with Gasteiger partial charge in [-0.05, 0) is 22.4 Å². The van der Waals surface area contributed by atoms with Crippen molar-refractivity contribution in [1.29, 1.82) is 0 Å². The molecule has 2 aromatic rings. The van der Waals surface area contributed by atoms with Crippen LogP contribution in [0.15, 0.2) is 23.1 Å². The number of nitrogens with two attached hydrogens (primary N) is 2. The second-order valence-electron chi connectivity index (χ2n) is 4.99. The second kappa shape index (κ2) is 5.12. The van der Waals surface area contributed by atoms with Crippen LogP contribution in [-0.4, -0.2) is 32.2 Å². The van der Waals surface area contributed by atoms with Gasteiger partial charge in [-0.2, -0.15) is 0 Å². The zero-order valence-corrected chi connectivity index (χ0v) is 12.6. The number of amides is 1. The minimum Gasteiger partial charge on any atom is -0.396 e. The van der Waals surface area contributed by atoms with E-state index in [-0.39, 0.29) is 29.9 Å². The van der Waals surface area contributed by atoms with Crippen molar-refractivity contribution in [1.82, 2.24) is 14.5 Å². The second-order valence-corrected chi connectivity index (χ2v) is 5.74. The lowest BCUT2D eigenvalue weighted by Crippen LogP contribution is -2.13. The van der Waals surface area contributed by atoms with Crippen molar-refractivity contribution in [2.75, 3.05) is 12.3 Å². The largest absolute Gasteiger partial charge is 0.396 e. The molecule has 2 atom stereocenters. The molecule has 1 aliphatic rings. The van der Waals surface area contributed by atoms with E-state index in [2.05, 4.69) is 25.9 Å². The summed E-state index contributed by atoms with van der Waals surface area (Å²) in [5.74, 6) is -0.280. The molecule has 0 aliphatic heterocycles. The molecule has 0 radical (unpaired) electrons. The summed E-state index contributed by atoms with van der Waals surface area (Å²) in [5, 5.41) is 9.72. The number of anilines is 1. The number of halogens is 1. The molecular weight excluding hydrogens is 338 g/mol. The summed E-state index contributed by atoms with van der Waals surface area (Å²) in [4.78, 5) is 19.9. The van der Waals surface area contributed by atoms with E-state index in [4.69, 9.17) is 11.5 Å². The number of primary amides is 1. The van der Waals surface area contributed by atoms with Gasteiger partial charge in [-0.1, -0.05) is 12.2 Å². The van der Waals surface area contributed by atoms with Gasteiger partial charge < -0.3 is 21.1 Å². The van der Waals surface area contributed by atoms with Gasteiger partial charge in [-0.15, -0.1) is 0 Å². The van der Waals surface area contributed by atoms with Crippen LogP contribution in [0.2, 0.25) is 0 Å². The fourth-order valence-corrected chi connectivity index (χ4v) is 3.56. The first kappa shape index (κ1) is 14.0. The normalized spacial score (nSPS) is 21.2. The maximum absolute atomic E-state index is 11.7. The van der Waals surface area contributed by atoms with Gasteiger partial charge in [0.05, 0.1) is 17.0 Å². The number of carbonyl (C=O) groups excluding carboxylic acids is 1. The summed E-state index contributed by atoms with van der Waals surface area (Å²) in [5.41, 5.74) is 12.2. The molecule has 7 nitrogen and oxygen atoms in total. The number of aliphatic hydroxyl groups is 1. The molecular formula is C13H14BrN5O2. The summed E-state index contributed by atoms with van der Waals surface area (Å²) in [7, 11) is 0. The van der Waals surface area contributed by atoms with Crippen molar-refractivity contribution in [3.05, 3.63) is 28.6 Å². The molecule has 0 saturated carbocycles. The Kier molecular flexibility index (Phi) is 3.42. The maximum atomic E-state index is 11.7. The zero-order valence-electron chi connectivity index (χ0n) is 11.0. The summed E-state index contributed by atoms with van der Waals surface area (Å²) in [6.07, 6.45) is 6.01. The van der Waals surface area contributed by atoms with Gasteiger partial charge >= 0.3 is 0 Å². The third kappa shape index (κ3) is 2.11. The van der Waals surface area contributed by atoms with Crippen LogP contribution >= 0.6 is 15.9 Å². The maximum Gasteiger partial charge on any atom is 0.252 e. The highest BCUT2D eigenvalue weighted by Gasteiger charge is 2.28. The molecule has 1 amide bonds. The van der Waals surface area contributed by atoms with Crippen molar-refractivity contribution >= 4 is 38.7 Å². The van der Waals surface area contributed by atoms with E-state index in [9.17, 15) is 9.90 Å². The first-order chi connectivity index (χ1) is 10.0. The third-order valence-corrected chi connectivity index (χ3v) is 4.49. The van der Waals surface area contributed by atoms with Crippen LogP contribution in [0.25, 0.3) is 11.0 Å². The lowest BCUT2D eigenvalue weighted by atomic mass is 10.1. The van der Waals surface area contributed by atoms with Crippen LogP contribution in [0.4, 0.5) is 5.82 Å². The van der Waals surface area contributed by atoms with Gasteiger partial charge in [0.25, 0.3) is 5.91 Å². The fourth-order valence-electron chi connectivity index (χ4n) is 2.74. The number of aliphatic hydroxyl groups excluding tert-OH is 1. The minimum atomic E-state index is -0.590. The van der Waals surface area contributed by atoms with Crippen LogP contribution in [0.5, 0.6) is 0 Å². The summed E-state index contributed by atoms with van der Waals surface area (Å²) < 4.78 is 2.39. The lowest BCUT2D eigenvalue weighted by Gasteiger charge is -2.15. The van der Waals surface area contributed by atoms with Gasteiger partial charge in [0, 0.05) is 12.5 Å². The Bertz CT molecular complexity index is 755. The van der Waals surface area contributed by atoms with Gasteiger partial charge in [0.1, 0.15) is 22.4 Å². The van der Waals surface area contributed by atoms with Gasteiger partial charge in [-0.25, -0.2) is 9.97 Å². The van der Waals surface area contributed by atoms with Crippen LogP contribution in [0, 0.1) is 5.92 Å². The molecule has 2 aromatic heterocycles. The van der Waals surface area contributed by atoms with Crippen molar-refractivity contribution in [2.24, 2.45) is 11.7 Å². The van der Waals surface area contributed by atoms with Crippen molar-refractivity contribution in [3.63, 3.8) is 0 Å². The summed E-state index contributed by atoms with van der Waals surface area (Å²) >= 11 is 3.42. The molecule has 3 rings (SSSR count). The molecule has 0 saturated heterocycles. The van der Waals surface area contributed by atoms with E-state index < -0.39 is 5.91 Å². The molecule has 0 aromatic carbocycles. The average Bonchev–Trinajstić information content (AvgIpc) is 3.00. The number of hydrogen-bond acceptors (Lipinski definition) is 5. The molecule has 0 bridgehead atoms. The highest BCUT2D eigenvalue weighted by molar-refractivity contribution is 9.10. The Hall–Kier alpha value is -1.93. The van der Waals surface area contributed by atoms with Crippen LogP contribution in [-0.2, 0) is 0 Å². The minimum absolute atomic E-state index is 0.0265. The number of allylic oxidation sites excluding steroid dienone is 1. The molecule has 0 fully saturated rings. The van der Waals surface area contributed by atoms with Crippen LogP contribution in [0.3, 0.4) is 0 Å². The highest BCUT2D eigenvalue weighted by atomic mass is 79.9. The molecule has 0 spiro atoms. The topological polar surface area (TPSA) is 120 Å². The number of aromatic nitrogens is 3. The van der Waals surface area contributed by atoms with E-state index >= 15 is 0 Å². The van der Waals surface area contributed by atoms with Gasteiger partial charge in [0.2, 0.25) is 0 Å². The number of nitrogen functional groups attached to an aromatic ring is 1. The fraction of sp³-hybridized carbons (Fsp3) is 0.308. The number of nitrogens with zero attached hydrogens (tertiary/aromatic N) is 3. The molecule has 8 heteroatoms. The predicted octanol–water partition coefficient (Wildman–Crippen LogP) is 0.984. The monoisotopic (exact) mass is 351 g/mol. The van der Waals surface area contributed by atoms with E-state index in [1.165, 1.54) is 6.33 Å². The van der Waals surface area contributed by atoms with E-state index in [1.54, 1.807) is 0 Å². The van der Waals surface area contributed by atoms with Crippen molar-refractivity contribution < 1.29 is 9.90 Å². The number of carbonyl (C=O) groups is 1. The molecule has 5 N–H and O–H groups in total. The van der Waals surface area contributed by atoms with Gasteiger partial charge in [0.15, 0.2) is 0 Å². The number of fused-ring (bicyclic) bond motifs is 1. The Labute approximate surface area is 128 Å². The SMILES string of the molecule is NC(=O)c1c(Br)n(C2C=CC(CO)C2)c2ncnc(N)c12. The van der Waals surface area contributed by atoms with E-state index in [0.29, 0.717) is 15.6 Å². The number of rotatable bonds is 3.